The predicted octanol–water partition coefficient (Wildman–Crippen LogP) is 2.79. The van der Waals surface area contributed by atoms with Gasteiger partial charge in [-0.25, -0.2) is 0 Å². The molecule has 0 aromatic carbocycles. The third kappa shape index (κ3) is 18.3. The summed E-state index contributed by atoms with van der Waals surface area (Å²) in [5.74, 6) is 0. The van der Waals surface area contributed by atoms with Gasteiger partial charge in [0.1, 0.15) is 6.29 Å². The number of carbonyl (C=O) groups is 1. The fraction of sp³-hybridized carbons (Fsp3) is 0.875. The Morgan fingerprint density at radius 1 is 1.22 bits per heavy atom. The summed E-state index contributed by atoms with van der Waals surface area (Å²) in [6, 6.07) is 0. The minimum atomic E-state index is 0.744. The smallest absolute Gasteiger partial charge is 0.119 e. The second-order valence-electron chi connectivity index (χ2n) is 1.66. The Morgan fingerprint density at radius 2 is 1.78 bits per heavy atom. The molecule has 56 valence electrons. The van der Waals surface area contributed by atoms with Crippen LogP contribution < -0.4 is 0 Å². The Kier molecular flexibility index (Phi) is 19.9. The summed E-state index contributed by atoms with van der Waals surface area (Å²) in [7, 11) is 0. The van der Waals surface area contributed by atoms with Gasteiger partial charge in [0.25, 0.3) is 0 Å². The first-order chi connectivity index (χ1) is 4.41. The van der Waals surface area contributed by atoms with Crippen molar-refractivity contribution in [1.29, 1.82) is 0 Å². The van der Waals surface area contributed by atoms with Crippen LogP contribution in [0.5, 0.6) is 0 Å². The lowest BCUT2D eigenvalue weighted by Gasteiger charge is -1.85. The largest absolute Gasteiger partial charge is 0.303 e. The van der Waals surface area contributed by atoms with Gasteiger partial charge in [0.15, 0.2) is 0 Å². The van der Waals surface area contributed by atoms with Crippen LogP contribution in [0.3, 0.4) is 0 Å². The molecule has 0 spiro atoms. The van der Waals surface area contributed by atoms with E-state index in [4.69, 9.17) is 0 Å². The Hall–Kier alpha value is -0.330. The number of rotatable bonds is 4. The highest BCUT2D eigenvalue weighted by Crippen LogP contribution is 1.94. The van der Waals surface area contributed by atoms with Crippen LogP contribution >= 0.6 is 0 Å². The number of carbonyl (C=O) groups excluding carboxylic acids is 1. The van der Waals surface area contributed by atoms with E-state index >= 15 is 0 Å². The highest BCUT2D eigenvalue weighted by Gasteiger charge is 1.80. The van der Waals surface area contributed by atoms with Crippen molar-refractivity contribution >= 4 is 6.29 Å². The molecule has 0 radical (unpaired) electrons. The van der Waals surface area contributed by atoms with Gasteiger partial charge in [-0.15, -0.1) is 0 Å². The van der Waals surface area contributed by atoms with Gasteiger partial charge in [-0.3, -0.25) is 0 Å². The van der Waals surface area contributed by atoms with Crippen molar-refractivity contribution in [1.82, 2.24) is 0 Å². The first-order valence-electron chi connectivity index (χ1n) is 3.85. The quantitative estimate of drug-likeness (QED) is 0.422. The van der Waals surface area contributed by atoms with Crippen LogP contribution in [-0.4, -0.2) is 6.29 Å². The third-order valence-corrected chi connectivity index (χ3v) is 0.926. The van der Waals surface area contributed by atoms with Crippen LogP contribution in [0, 0.1) is 0 Å². The van der Waals surface area contributed by atoms with Gasteiger partial charge in [-0.05, 0) is 6.42 Å². The van der Waals surface area contributed by atoms with Crippen molar-refractivity contribution in [2.75, 3.05) is 0 Å². The fourth-order valence-electron chi connectivity index (χ4n) is 0.478. The molecule has 0 fully saturated rings. The zero-order valence-electron chi connectivity index (χ0n) is 6.81. The highest BCUT2D eigenvalue weighted by atomic mass is 16.1. The highest BCUT2D eigenvalue weighted by molar-refractivity contribution is 5.48. The monoisotopic (exact) mass is 130 g/mol. The summed E-state index contributed by atoms with van der Waals surface area (Å²) in [6.07, 6.45) is 5.19. The Bertz CT molecular complexity index is 41.8. The van der Waals surface area contributed by atoms with Gasteiger partial charge in [-0.2, -0.15) is 0 Å². The molecule has 0 aliphatic heterocycles. The molecule has 0 saturated heterocycles. The fourth-order valence-corrected chi connectivity index (χ4v) is 0.478. The molecule has 1 nitrogen and oxygen atoms in total. The summed E-state index contributed by atoms with van der Waals surface area (Å²) in [4.78, 5) is 9.68. The van der Waals surface area contributed by atoms with E-state index in [9.17, 15) is 4.79 Å². The molecule has 0 aromatic rings. The molecular formula is C8H18O. The molecule has 0 atom stereocenters. The van der Waals surface area contributed by atoms with E-state index < -0.39 is 0 Å². The maximum Gasteiger partial charge on any atom is 0.119 e. The van der Waals surface area contributed by atoms with Gasteiger partial charge < -0.3 is 4.79 Å². The van der Waals surface area contributed by atoms with Crippen LogP contribution in [0.2, 0.25) is 0 Å². The molecule has 0 rings (SSSR count). The normalized spacial score (nSPS) is 7.44. The molecule has 0 bridgehead atoms. The molecule has 0 unspecified atom stereocenters. The molecule has 0 aliphatic carbocycles. The minimum absolute atomic E-state index is 0.744. The average Bonchev–Trinajstić information content (AvgIpc) is 1.94. The van der Waals surface area contributed by atoms with Crippen molar-refractivity contribution in [3.63, 3.8) is 0 Å². The van der Waals surface area contributed by atoms with Crippen LogP contribution in [0.15, 0.2) is 0 Å². The average molecular weight is 130 g/mol. The predicted molar refractivity (Wildman–Crippen MR) is 41.6 cm³/mol. The SMILES string of the molecule is CC.CCCCCC=O. The van der Waals surface area contributed by atoms with E-state index in [2.05, 4.69) is 6.92 Å². The lowest BCUT2D eigenvalue weighted by Crippen LogP contribution is -1.73. The Morgan fingerprint density at radius 3 is 2.11 bits per heavy atom. The maximum atomic E-state index is 9.68. The maximum absolute atomic E-state index is 9.68. The van der Waals surface area contributed by atoms with Crippen molar-refractivity contribution in [3.8, 4) is 0 Å². The summed E-state index contributed by atoms with van der Waals surface area (Å²) >= 11 is 0. The third-order valence-electron chi connectivity index (χ3n) is 0.926. The molecule has 0 amide bonds. The van der Waals surface area contributed by atoms with E-state index in [1.165, 1.54) is 12.8 Å². The Balaban J connectivity index is 0. The number of aldehydes is 1. The minimum Gasteiger partial charge on any atom is -0.303 e. The molecule has 0 heterocycles. The number of hydrogen-bond acceptors (Lipinski definition) is 1. The van der Waals surface area contributed by atoms with Gasteiger partial charge in [0.05, 0.1) is 0 Å². The molecular weight excluding hydrogens is 112 g/mol. The summed E-state index contributed by atoms with van der Waals surface area (Å²) in [5.41, 5.74) is 0. The summed E-state index contributed by atoms with van der Waals surface area (Å²) in [5, 5.41) is 0. The zero-order valence-corrected chi connectivity index (χ0v) is 6.81. The van der Waals surface area contributed by atoms with Crippen molar-refractivity contribution in [3.05, 3.63) is 0 Å². The Labute approximate surface area is 58.5 Å². The van der Waals surface area contributed by atoms with Gasteiger partial charge in [0.2, 0.25) is 0 Å². The van der Waals surface area contributed by atoms with Crippen molar-refractivity contribution < 1.29 is 4.79 Å². The molecule has 0 saturated carbocycles. The summed E-state index contributed by atoms with van der Waals surface area (Å²) < 4.78 is 0. The first kappa shape index (κ1) is 11.5. The topological polar surface area (TPSA) is 17.1 Å². The van der Waals surface area contributed by atoms with Gasteiger partial charge >= 0.3 is 0 Å². The molecule has 1 heteroatoms. The second-order valence-corrected chi connectivity index (χ2v) is 1.66. The van der Waals surface area contributed by atoms with Crippen LogP contribution in [0.1, 0.15) is 46.5 Å². The van der Waals surface area contributed by atoms with Crippen molar-refractivity contribution in [2.24, 2.45) is 0 Å². The first-order valence-corrected chi connectivity index (χ1v) is 3.85. The molecule has 9 heavy (non-hydrogen) atoms. The summed E-state index contributed by atoms with van der Waals surface area (Å²) in [6.45, 7) is 6.13. The lowest BCUT2D eigenvalue weighted by molar-refractivity contribution is -0.107. The molecule has 0 aromatic heterocycles. The lowest BCUT2D eigenvalue weighted by atomic mass is 10.2. The van der Waals surface area contributed by atoms with E-state index in [-0.39, 0.29) is 0 Å². The number of hydrogen-bond donors (Lipinski definition) is 0. The van der Waals surface area contributed by atoms with Crippen LogP contribution in [0.25, 0.3) is 0 Å². The van der Waals surface area contributed by atoms with E-state index in [0.717, 1.165) is 19.1 Å². The second kappa shape index (κ2) is 15.6. The standard InChI is InChI=1S/C6H12O.C2H6/c1-2-3-4-5-6-7;1-2/h6H,2-5H2,1H3;1-2H3. The molecule has 0 N–H and O–H groups in total. The van der Waals surface area contributed by atoms with Crippen LogP contribution in [-0.2, 0) is 4.79 Å². The van der Waals surface area contributed by atoms with Gasteiger partial charge in [0, 0.05) is 6.42 Å². The zero-order chi connectivity index (χ0) is 7.54. The molecule has 0 aliphatic rings. The number of unbranched alkanes of at least 4 members (excludes halogenated alkanes) is 3. The van der Waals surface area contributed by atoms with E-state index in [1.54, 1.807) is 0 Å². The van der Waals surface area contributed by atoms with Crippen molar-refractivity contribution in [2.45, 2.75) is 46.5 Å². The van der Waals surface area contributed by atoms with E-state index in [0.29, 0.717) is 0 Å². The van der Waals surface area contributed by atoms with E-state index in [1.807, 2.05) is 13.8 Å². The van der Waals surface area contributed by atoms with Crippen LogP contribution in [0.4, 0.5) is 0 Å². The van der Waals surface area contributed by atoms with Gasteiger partial charge in [-0.1, -0.05) is 33.6 Å².